The fourth-order valence-corrected chi connectivity index (χ4v) is 3.73. The predicted molar refractivity (Wildman–Crippen MR) is 64.6 cm³/mol. The summed E-state index contributed by atoms with van der Waals surface area (Å²) in [6, 6.07) is 1.15. The summed E-state index contributed by atoms with van der Waals surface area (Å²) in [5.74, 6) is -0.326. The maximum absolute atomic E-state index is 11.9. The SMILES string of the molecule is O=C(c1cc(S(=O)(=O)Cl)c(Br)o1)N1CCCC1. The zero-order chi connectivity index (χ0) is 12.6. The molecule has 0 radical (unpaired) electrons. The number of rotatable bonds is 2. The Labute approximate surface area is 111 Å². The van der Waals surface area contributed by atoms with Crippen molar-refractivity contribution in [3.8, 4) is 0 Å². The van der Waals surface area contributed by atoms with E-state index in [9.17, 15) is 13.2 Å². The molecule has 1 aliphatic heterocycles. The van der Waals surface area contributed by atoms with Crippen molar-refractivity contribution in [3.05, 3.63) is 16.5 Å². The van der Waals surface area contributed by atoms with Crippen LogP contribution in [0.25, 0.3) is 0 Å². The van der Waals surface area contributed by atoms with E-state index >= 15 is 0 Å². The van der Waals surface area contributed by atoms with E-state index in [1.807, 2.05) is 0 Å². The van der Waals surface area contributed by atoms with Gasteiger partial charge in [-0.3, -0.25) is 4.79 Å². The summed E-state index contributed by atoms with van der Waals surface area (Å²) >= 11 is 2.93. The van der Waals surface area contributed by atoms with Crippen molar-refractivity contribution < 1.29 is 17.6 Å². The van der Waals surface area contributed by atoms with Crippen LogP contribution >= 0.6 is 26.6 Å². The van der Waals surface area contributed by atoms with Crippen LogP contribution in [0, 0.1) is 0 Å². The van der Waals surface area contributed by atoms with E-state index in [-0.39, 0.29) is 21.2 Å². The van der Waals surface area contributed by atoms with Crippen molar-refractivity contribution in [1.82, 2.24) is 4.90 Å². The Balaban J connectivity index is 2.31. The summed E-state index contributed by atoms with van der Waals surface area (Å²) in [6.07, 6.45) is 1.91. The molecule has 0 atom stereocenters. The van der Waals surface area contributed by atoms with Crippen molar-refractivity contribution in [1.29, 1.82) is 0 Å². The molecule has 0 N–H and O–H groups in total. The molecule has 2 heterocycles. The van der Waals surface area contributed by atoms with Gasteiger partial charge in [0.15, 0.2) is 10.4 Å². The van der Waals surface area contributed by atoms with Crippen LogP contribution in [-0.2, 0) is 9.05 Å². The molecule has 0 bridgehead atoms. The van der Waals surface area contributed by atoms with Gasteiger partial charge in [0, 0.05) is 29.8 Å². The molecule has 0 unspecified atom stereocenters. The fourth-order valence-electron chi connectivity index (χ4n) is 1.70. The molecule has 1 aliphatic rings. The molecule has 1 aromatic rings. The van der Waals surface area contributed by atoms with Gasteiger partial charge in [-0.2, -0.15) is 0 Å². The minimum absolute atomic E-state index is 0.0157. The van der Waals surface area contributed by atoms with Crippen LogP contribution in [0.3, 0.4) is 0 Å². The number of halogens is 2. The lowest BCUT2D eigenvalue weighted by atomic mass is 10.4. The number of carbonyl (C=O) groups excluding carboxylic acids is 1. The monoisotopic (exact) mass is 341 g/mol. The minimum atomic E-state index is -3.91. The number of hydrogen-bond acceptors (Lipinski definition) is 4. The third-order valence-electron chi connectivity index (χ3n) is 2.52. The Kier molecular flexibility index (Phi) is 3.51. The van der Waals surface area contributed by atoms with Gasteiger partial charge in [-0.15, -0.1) is 0 Å². The summed E-state index contributed by atoms with van der Waals surface area (Å²) in [6.45, 7) is 1.33. The first kappa shape index (κ1) is 12.9. The number of nitrogens with zero attached hydrogens (tertiary/aromatic N) is 1. The topological polar surface area (TPSA) is 67.6 Å². The van der Waals surface area contributed by atoms with Crippen LogP contribution < -0.4 is 0 Å². The second-order valence-corrected chi connectivity index (χ2v) is 6.94. The summed E-state index contributed by atoms with van der Waals surface area (Å²) < 4.78 is 27.4. The highest BCUT2D eigenvalue weighted by atomic mass is 79.9. The van der Waals surface area contributed by atoms with Crippen LogP contribution in [0.4, 0.5) is 0 Å². The normalized spacial score (nSPS) is 16.5. The fraction of sp³-hybridized carbons (Fsp3) is 0.444. The third kappa shape index (κ3) is 2.66. The number of amides is 1. The molecule has 1 aromatic heterocycles. The Morgan fingerprint density at radius 2 is 2.00 bits per heavy atom. The van der Waals surface area contributed by atoms with Gasteiger partial charge in [0.2, 0.25) is 0 Å². The standard InChI is InChI=1S/C9H9BrClNO4S/c10-8-7(17(11,14)15)5-6(16-8)9(13)12-3-1-2-4-12/h5H,1-4H2. The van der Waals surface area contributed by atoms with Crippen molar-refractivity contribution in [2.45, 2.75) is 17.7 Å². The van der Waals surface area contributed by atoms with Crippen LogP contribution in [0.5, 0.6) is 0 Å². The van der Waals surface area contributed by atoms with Crippen LogP contribution in [0.2, 0.25) is 0 Å². The molecule has 8 heteroatoms. The van der Waals surface area contributed by atoms with Gasteiger partial charge in [0.1, 0.15) is 4.90 Å². The summed E-state index contributed by atoms with van der Waals surface area (Å²) in [7, 11) is 1.29. The van der Waals surface area contributed by atoms with Gasteiger partial charge in [-0.05, 0) is 28.8 Å². The lowest BCUT2D eigenvalue weighted by Gasteiger charge is -2.12. The summed E-state index contributed by atoms with van der Waals surface area (Å²) in [5, 5.41) is 0. The van der Waals surface area contributed by atoms with Crippen LogP contribution in [0.1, 0.15) is 23.4 Å². The van der Waals surface area contributed by atoms with E-state index in [2.05, 4.69) is 15.9 Å². The van der Waals surface area contributed by atoms with Crippen LogP contribution in [0.15, 0.2) is 20.0 Å². The van der Waals surface area contributed by atoms with Gasteiger partial charge in [-0.25, -0.2) is 8.42 Å². The average molecular weight is 343 g/mol. The molecule has 0 aromatic carbocycles. The molecule has 1 fully saturated rings. The Morgan fingerprint density at radius 1 is 1.41 bits per heavy atom. The predicted octanol–water partition coefficient (Wildman–Crippen LogP) is 2.21. The maximum atomic E-state index is 11.9. The Morgan fingerprint density at radius 3 is 2.47 bits per heavy atom. The molecule has 2 rings (SSSR count). The second kappa shape index (κ2) is 4.62. The zero-order valence-electron chi connectivity index (χ0n) is 8.65. The first-order chi connectivity index (χ1) is 7.89. The van der Waals surface area contributed by atoms with E-state index in [1.165, 1.54) is 0 Å². The van der Waals surface area contributed by atoms with Gasteiger partial charge in [0.25, 0.3) is 15.0 Å². The van der Waals surface area contributed by atoms with Crippen LogP contribution in [-0.4, -0.2) is 32.3 Å². The maximum Gasteiger partial charge on any atom is 0.289 e. The molecule has 0 saturated carbocycles. The lowest BCUT2D eigenvalue weighted by molar-refractivity contribution is 0.0760. The molecule has 5 nitrogen and oxygen atoms in total. The summed E-state index contributed by atoms with van der Waals surface area (Å²) in [5.41, 5.74) is 0. The Bertz CT molecular complexity index is 547. The molecular weight excluding hydrogens is 334 g/mol. The minimum Gasteiger partial charge on any atom is -0.443 e. The van der Waals surface area contributed by atoms with Crippen molar-refractivity contribution >= 4 is 41.6 Å². The smallest absolute Gasteiger partial charge is 0.289 e. The van der Waals surface area contributed by atoms with Gasteiger partial charge < -0.3 is 9.32 Å². The van der Waals surface area contributed by atoms with E-state index in [1.54, 1.807) is 4.90 Å². The van der Waals surface area contributed by atoms with E-state index in [0.29, 0.717) is 13.1 Å². The summed E-state index contributed by atoms with van der Waals surface area (Å²) in [4.78, 5) is 13.3. The molecule has 0 spiro atoms. The highest BCUT2D eigenvalue weighted by molar-refractivity contribution is 9.10. The molecule has 1 saturated heterocycles. The average Bonchev–Trinajstić information content (AvgIpc) is 2.83. The first-order valence-corrected chi connectivity index (χ1v) is 8.03. The Hall–Kier alpha value is -0.530. The lowest BCUT2D eigenvalue weighted by Crippen LogP contribution is -2.27. The number of carbonyl (C=O) groups is 1. The molecule has 0 aliphatic carbocycles. The largest absolute Gasteiger partial charge is 0.443 e. The molecular formula is C9H9BrClNO4S. The van der Waals surface area contributed by atoms with Crippen molar-refractivity contribution in [3.63, 3.8) is 0 Å². The highest BCUT2D eigenvalue weighted by Crippen LogP contribution is 2.29. The number of furan rings is 1. The van der Waals surface area contributed by atoms with Crippen molar-refractivity contribution in [2.24, 2.45) is 0 Å². The third-order valence-corrected chi connectivity index (χ3v) is 4.70. The van der Waals surface area contributed by atoms with Gasteiger partial charge in [0.05, 0.1) is 0 Å². The molecule has 17 heavy (non-hydrogen) atoms. The van der Waals surface area contributed by atoms with Crippen molar-refractivity contribution in [2.75, 3.05) is 13.1 Å². The highest BCUT2D eigenvalue weighted by Gasteiger charge is 2.27. The van der Waals surface area contributed by atoms with Gasteiger partial charge in [-0.1, -0.05) is 0 Å². The number of hydrogen-bond donors (Lipinski definition) is 0. The van der Waals surface area contributed by atoms with E-state index in [0.717, 1.165) is 18.9 Å². The van der Waals surface area contributed by atoms with Gasteiger partial charge >= 0.3 is 0 Å². The zero-order valence-corrected chi connectivity index (χ0v) is 11.8. The molecule has 94 valence electrons. The van der Waals surface area contributed by atoms with E-state index < -0.39 is 9.05 Å². The first-order valence-electron chi connectivity index (χ1n) is 4.93. The number of likely N-dealkylation sites (tertiary alicyclic amines) is 1. The molecule has 1 amide bonds. The second-order valence-electron chi connectivity index (χ2n) is 3.69. The quantitative estimate of drug-likeness (QED) is 0.773. The van der Waals surface area contributed by atoms with E-state index in [4.69, 9.17) is 15.1 Å².